The Morgan fingerprint density at radius 1 is 0.265 bits per heavy atom. The van der Waals surface area contributed by atoms with Crippen molar-refractivity contribution in [1.29, 1.82) is 0 Å². The first-order chi connectivity index (χ1) is 49.4. The van der Waals surface area contributed by atoms with E-state index in [1.54, 1.807) is 0 Å². The molecular weight excluding hydrogens is 1330 g/mol. The number of phosphoric ester groups is 2. The molecule has 0 bridgehead atoms. The lowest BCUT2D eigenvalue weighted by Crippen LogP contribution is -2.30. The SMILES string of the molecule is CCCCCCCCCCCCCCCCCCCCCCCCC(=O)O[C@H](COC(=O)CCCCCCCCCCCCCCCCCC)COP(=O)(O)OC[C@@H](O)COP(=O)(O)OC[C@@H](COC(=O)CCCCCCCCCCCC(C)C)OC(=O)CCCCCCCCCCCC(C)C. The number of aliphatic hydroxyl groups excluding tert-OH is 1. The van der Waals surface area contributed by atoms with Gasteiger partial charge in [-0.3, -0.25) is 37.3 Å². The quantitative estimate of drug-likeness (QED) is 0.0222. The summed E-state index contributed by atoms with van der Waals surface area (Å²) in [6, 6.07) is 0. The lowest BCUT2D eigenvalue weighted by atomic mass is 10.0. The highest BCUT2D eigenvalue weighted by atomic mass is 31.2. The molecule has 0 aromatic rings. The number of ether oxygens (including phenoxy) is 4. The molecule has 0 radical (unpaired) electrons. The van der Waals surface area contributed by atoms with Gasteiger partial charge in [0.1, 0.15) is 19.3 Å². The van der Waals surface area contributed by atoms with Gasteiger partial charge in [0, 0.05) is 25.7 Å². The molecule has 606 valence electrons. The minimum Gasteiger partial charge on any atom is -0.462 e. The molecule has 0 saturated heterocycles. The summed E-state index contributed by atoms with van der Waals surface area (Å²) in [4.78, 5) is 73.1. The molecule has 17 nitrogen and oxygen atoms in total. The molecule has 0 saturated carbocycles. The van der Waals surface area contributed by atoms with Crippen LogP contribution in [0.4, 0.5) is 0 Å². The molecule has 0 fully saturated rings. The molecule has 0 amide bonds. The smallest absolute Gasteiger partial charge is 0.462 e. The van der Waals surface area contributed by atoms with Crippen LogP contribution in [0, 0.1) is 11.8 Å². The molecule has 3 N–H and O–H groups in total. The van der Waals surface area contributed by atoms with Crippen LogP contribution in [0.15, 0.2) is 0 Å². The predicted molar refractivity (Wildman–Crippen MR) is 418 cm³/mol. The summed E-state index contributed by atoms with van der Waals surface area (Å²) in [6.45, 7) is 9.60. The fourth-order valence-electron chi connectivity index (χ4n) is 12.9. The van der Waals surface area contributed by atoms with Crippen LogP contribution < -0.4 is 0 Å². The molecule has 0 aliphatic heterocycles. The Morgan fingerprint density at radius 2 is 0.451 bits per heavy atom. The van der Waals surface area contributed by atoms with E-state index in [4.69, 9.17) is 37.0 Å². The van der Waals surface area contributed by atoms with Crippen molar-refractivity contribution in [2.24, 2.45) is 11.8 Å². The fraction of sp³-hybridized carbons (Fsp3) is 0.952. The third-order valence-electron chi connectivity index (χ3n) is 19.5. The van der Waals surface area contributed by atoms with Crippen LogP contribution in [0.5, 0.6) is 0 Å². The molecular formula is C83H162O17P2. The van der Waals surface area contributed by atoms with E-state index in [1.165, 1.54) is 257 Å². The number of hydrogen-bond donors (Lipinski definition) is 3. The van der Waals surface area contributed by atoms with E-state index < -0.39 is 97.5 Å². The van der Waals surface area contributed by atoms with Gasteiger partial charge in [-0.1, -0.05) is 388 Å². The van der Waals surface area contributed by atoms with Gasteiger partial charge in [0.15, 0.2) is 12.2 Å². The topological polar surface area (TPSA) is 237 Å². The predicted octanol–water partition coefficient (Wildman–Crippen LogP) is 25.1. The lowest BCUT2D eigenvalue weighted by molar-refractivity contribution is -0.161. The average molecular weight is 1490 g/mol. The second kappa shape index (κ2) is 74.5. The van der Waals surface area contributed by atoms with E-state index in [0.717, 1.165) is 102 Å². The second-order valence-electron chi connectivity index (χ2n) is 30.8. The first kappa shape index (κ1) is 100. The van der Waals surface area contributed by atoms with Gasteiger partial charge in [0.25, 0.3) is 0 Å². The van der Waals surface area contributed by atoms with Crippen LogP contribution in [0.2, 0.25) is 0 Å². The standard InChI is InChI=1S/C83H162O17P2/c1-7-9-11-13-15-17-19-21-23-25-26-27-28-29-30-32-34-36-42-49-55-61-67-82(87)99-78(71-93-80(85)65-59-53-47-41-35-33-31-24-22-20-18-16-14-12-10-8-2)73-97-101(89,90)95-69-77(84)70-96-102(91,92)98-74-79(100-83(88)68-62-56-50-44-38-40-46-52-58-64-76(5)6)72-94-81(86)66-60-54-48-43-37-39-45-51-57-63-75(3)4/h75-79,84H,7-74H2,1-6H3,(H,89,90)(H,91,92)/t77-,78-,79-/m1/s1. The molecule has 0 rings (SSSR count). The van der Waals surface area contributed by atoms with Crippen molar-refractivity contribution < 1.29 is 80.2 Å². The Balaban J connectivity index is 5.22. The summed E-state index contributed by atoms with van der Waals surface area (Å²) in [7, 11) is -9.92. The van der Waals surface area contributed by atoms with Gasteiger partial charge in [-0.15, -0.1) is 0 Å². The summed E-state index contributed by atoms with van der Waals surface area (Å²) in [6.07, 6.45) is 65.4. The van der Waals surface area contributed by atoms with Crippen LogP contribution in [0.1, 0.15) is 440 Å². The largest absolute Gasteiger partial charge is 0.472 e. The third kappa shape index (κ3) is 76.3. The number of esters is 4. The maximum atomic E-state index is 13.1. The van der Waals surface area contributed by atoms with Gasteiger partial charge >= 0.3 is 39.5 Å². The summed E-state index contributed by atoms with van der Waals surface area (Å²) in [5, 5.41) is 10.7. The number of carbonyl (C=O) groups is 4. The van der Waals surface area contributed by atoms with Gasteiger partial charge in [-0.2, -0.15) is 0 Å². The van der Waals surface area contributed by atoms with Crippen molar-refractivity contribution >= 4 is 39.5 Å². The Bertz CT molecular complexity index is 1960. The highest BCUT2D eigenvalue weighted by Gasteiger charge is 2.30. The van der Waals surface area contributed by atoms with Crippen LogP contribution in [0.25, 0.3) is 0 Å². The van der Waals surface area contributed by atoms with Crippen LogP contribution >= 0.6 is 15.6 Å². The van der Waals surface area contributed by atoms with Crippen LogP contribution in [0.3, 0.4) is 0 Å². The zero-order valence-electron chi connectivity index (χ0n) is 66.9. The first-order valence-electron chi connectivity index (χ1n) is 43.0. The summed E-state index contributed by atoms with van der Waals surface area (Å²) < 4.78 is 68.8. The maximum Gasteiger partial charge on any atom is 0.472 e. The molecule has 0 spiro atoms. The molecule has 0 aromatic heterocycles. The molecule has 102 heavy (non-hydrogen) atoms. The molecule has 0 heterocycles. The molecule has 0 aromatic carbocycles. The average Bonchev–Trinajstić information content (AvgIpc) is 0.919. The Hall–Kier alpha value is -1.94. The van der Waals surface area contributed by atoms with E-state index in [2.05, 4.69) is 41.5 Å². The number of carbonyl (C=O) groups excluding carboxylic acids is 4. The zero-order chi connectivity index (χ0) is 74.9. The minimum absolute atomic E-state index is 0.105. The molecule has 0 aliphatic rings. The number of unbranched alkanes of at least 4 members (excludes halogenated alkanes) is 52. The molecule has 19 heteroatoms. The highest BCUT2D eigenvalue weighted by Crippen LogP contribution is 2.45. The molecule has 2 unspecified atom stereocenters. The maximum absolute atomic E-state index is 13.1. The summed E-state index contributed by atoms with van der Waals surface area (Å²) >= 11 is 0. The van der Waals surface area contributed by atoms with Crippen LogP contribution in [-0.2, 0) is 65.4 Å². The van der Waals surface area contributed by atoms with Crippen molar-refractivity contribution in [3.8, 4) is 0 Å². The Morgan fingerprint density at radius 3 is 0.667 bits per heavy atom. The van der Waals surface area contributed by atoms with Crippen molar-refractivity contribution in [3.05, 3.63) is 0 Å². The first-order valence-corrected chi connectivity index (χ1v) is 46.0. The lowest BCUT2D eigenvalue weighted by Gasteiger charge is -2.21. The summed E-state index contributed by atoms with van der Waals surface area (Å²) in [5.41, 5.74) is 0. The molecule has 5 atom stereocenters. The van der Waals surface area contributed by atoms with Gasteiger partial charge < -0.3 is 33.8 Å². The van der Waals surface area contributed by atoms with Gasteiger partial charge in [0.05, 0.1) is 26.4 Å². The van der Waals surface area contributed by atoms with Crippen molar-refractivity contribution in [2.45, 2.75) is 458 Å². The van der Waals surface area contributed by atoms with Crippen LogP contribution in [-0.4, -0.2) is 96.7 Å². The normalized spacial score (nSPS) is 13.9. The Kier molecular flexibility index (Phi) is 73.1. The monoisotopic (exact) mass is 1490 g/mol. The van der Waals surface area contributed by atoms with E-state index in [-0.39, 0.29) is 25.7 Å². The van der Waals surface area contributed by atoms with E-state index in [9.17, 15) is 43.2 Å². The van der Waals surface area contributed by atoms with E-state index in [1.807, 2.05) is 0 Å². The van der Waals surface area contributed by atoms with Gasteiger partial charge in [0.2, 0.25) is 0 Å². The van der Waals surface area contributed by atoms with E-state index in [0.29, 0.717) is 25.7 Å². The zero-order valence-corrected chi connectivity index (χ0v) is 68.7. The Labute approximate surface area is 626 Å². The van der Waals surface area contributed by atoms with Gasteiger partial charge in [-0.25, -0.2) is 9.13 Å². The van der Waals surface area contributed by atoms with Gasteiger partial charge in [-0.05, 0) is 37.5 Å². The highest BCUT2D eigenvalue weighted by molar-refractivity contribution is 7.47. The fourth-order valence-corrected chi connectivity index (χ4v) is 14.5. The van der Waals surface area contributed by atoms with Crippen molar-refractivity contribution in [2.75, 3.05) is 39.6 Å². The van der Waals surface area contributed by atoms with E-state index >= 15 is 0 Å². The second-order valence-corrected chi connectivity index (χ2v) is 33.7. The third-order valence-corrected chi connectivity index (χ3v) is 21.4. The van der Waals surface area contributed by atoms with Crippen molar-refractivity contribution in [1.82, 2.24) is 0 Å². The summed E-state index contributed by atoms with van der Waals surface area (Å²) in [5.74, 6) is -0.628. The minimum atomic E-state index is -4.96. The van der Waals surface area contributed by atoms with Crippen molar-refractivity contribution in [3.63, 3.8) is 0 Å². The number of aliphatic hydroxyl groups is 1. The number of rotatable bonds is 82. The number of phosphoric acid groups is 2. The molecule has 0 aliphatic carbocycles. The number of hydrogen-bond acceptors (Lipinski definition) is 15.